The second-order valence-corrected chi connectivity index (χ2v) is 7.17. The SMILES string of the molecule is C#CC1(OC(=O)C=C)CCC(C2CCC(CCC)CC2)CC1. The summed E-state index contributed by atoms with van der Waals surface area (Å²) in [6.45, 7) is 5.75. The first-order chi connectivity index (χ1) is 10.6. The van der Waals surface area contributed by atoms with Gasteiger partial charge in [0.2, 0.25) is 0 Å². The smallest absolute Gasteiger partial charge is 0.331 e. The Labute approximate surface area is 135 Å². The van der Waals surface area contributed by atoms with Gasteiger partial charge in [-0.15, -0.1) is 6.42 Å². The predicted molar refractivity (Wildman–Crippen MR) is 90.2 cm³/mol. The van der Waals surface area contributed by atoms with E-state index in [2.05, 4.69) is 19.4 Å². The summed E-state index contributed by atoms with van der Waals surface area (Å²) in [4.78, 5) is 11.5. The summed E-state index contributed by atoms with van der Waals surface area (Å²) in [5, 5.41) is 0. The van der Waals surface area contributed by atoms with Crippen molar-refractivity contribution in [1.29, 1.82) is 0 Å². The van der Waals surface area contributed by atoms with Crippen molar-refractivity contribution in [3.8, 4) is 12.3 Å². The van der Waals surface area contributed by atoms with Crippen molar-refractivity contribution in [1.82, 2.24) is 0 Å². The van der Waals surface area contributed by atoms with Gasteiger partial charge >= 0.3 is 5.97 Å². The number of carbonyl (C=O) groups excluding carboxylic acids is 1. The van der Waals surface area contributed by atoms with Gasteiger partial charge < -0.3 is 4.74 Å². The van der Waals surface area contributed by atoms with E-state index in [-0.39, 0.29) is 0 Å². The first-order valence-corrected chi connectivity index (χ1v) is 8.95. The van der Waals surface area contributed by atoms with Crippen LogP contribution >= 0.6 is 0 Å². The van der Waals surface area contributed by atoms with Crippen molar-refractivity contribution < 1.29 is 9.53 Å². The largest absolute Gasteiger partial charge is 0.443 e. The lowest BCUT2D eigenvalue weighted by Crippen LogP contribution is -2.39. The molecule has 2 heteroatoms. The van der Waals surface area contributed by atoms with Crippen molar-refractivity contribution in [2.24, 2.45) is 17.8 Å². The summed E-state index contributed by atoms with van der Waals surface area (Å²) in [7, 11) is 0. The van der Waals surface area contributed by atoms with Crippen LogP contribution in [0.25, 0.3) is 0 Å². The highest BCUT2D eigenvalue weighted by molar-refractivity contribution is 5.81. The molecule has 2 saturated carbocycles. The second-order valence-electron chi connectivity index (χ2n) is 7.17. The minimum Gasteiger partial charge on any atom is -0.443 e. The van der Waals surface area contributed by atoms with Gasteiger partial charge in [0, 0.05) is 6.08 Å². The standard InChI is InChI=1S/C20H30O2/c1-4-7-16-8-10-17(11-9-16)18-12-14-20(6-3,15-13-18)22-19(21)5-2/h3,5,16-18H,2,4,7-15H2,1H3. The molecule has 2 fully saturated rings. The van der Waals surface area contributed by atoms with E-state index in [1.807, 2.05) is 0 Å². The van der Waals surface area contributed by atoms with Gasteiger partial charge in [-0.3, -0.25) is 0 Å². The Bertz CT molecular complexity index is 415. The normalized spacial score (nSPS) is 35.4. The Morgan fingerprint density at radius 2 is 1.82 bits per heavy atom. The van der Waals surface area contributed by atoms with Crippen LogP contribution in [0.4, 0.5) is 0 Å². The number of ether oxygens (including phenoxy) is 1. The maximum atomic E-state index is 11.5. The molecule has 22 heavy (non-hydrogen) atoms. The Balaban J connectivity index is 1.83. The molecule has 0 N–H and O–H groups in total. The van der Waals surface area contributed by atoms with Crippen LogP contribution in [-0.2, 0) is 9.53 Å². The average Bonchev–Trinajstić information content (AvgIpc) is 2.56. The monoisotopic (exact) mass is 302 g/mol. The zero-order valence-corrected chi connectivity index (χ0v) is 14.0. The molecule has 0 bridgehead atoms. The highest BCUT2D eigenvalue weighted by Gasteiger charge is 2.39. The molecule has 2 aliphatic rings. The Morgan fingerprint density at radius 3 is 2.32 bits per heavy atom. The fourth-order valence-electron chi connectivity index (χ4n) is 4.44. The Hall–Kier alpha value is -1.23. The highest BCUT2D eigenvalue weighted by atomic mass is 16.6. The highest BCUT2D eigenvalue weighted by Crippen LogP contribution is 2.44. The third-order valence-electron chi connectivity index (χ3n) is 5.82. The van der Waals surface area contributed by atoms with Crippen LogP contribution in [-0.4, -0.2) is 11.6 Å². The summed E-state index contributed by atoms with van der Waals surface area (Å²) in [6.07, 6.45) is 19.0. The van der Waals surface area contributed by atoms with Crippen molar-refractivity contribution in [2.45, 2.75) is 76.7 Å². The van der Waals surface area contributed by atoms with E-state index in [4.69, 9.17) is 11.2 Å². The van der Waals surface area contributed by atoms with Gasteiger partial charge in [-0.25, -0.2) is 4.79 Å². The molecule has 0 unspecified atom stereocenters. The van der Waals surface area contributed by atoms with Gasteiger partial charge in [-0.05, 0) is 56.3 Å². The molecule has 122 valence electrons. The van der Waals surface area contributed by atoms with E-state index < -0.39 is 11.6 Å². The topological polar surface area (TPSA) is 26.3 Å². The minimum absolute atomic E-state index is 0.392. The zero-order chi connectivity index (χ0) is 16.0. The van der Waals surface area contributed by atoms with Crippen LogP contribution < -0.4 is 0 Å². The van der Waals surface area contributed by atoms with Crippen LogP contribution in [0.3, 0.4) is 0 Å². The molecule has 0 spiro atoms. The number of esters is 1. The fraction of sp³-hybridized carbons (Fsp3) is 0.750. The van der Waals surface area contributed by atoms with Crippen molar-refractivity contribution in [3.05, 3.63) is 12.7 Å². The molecule has 0 aromatic heterocycles. The van der Waals surface area contributed by atoms with E-state index in [9.17, 15) is 4.79 Å². The summed E-state index contributed by atoms with van der Waals surface area (Å²) >= 11 is 0. The van der Waals surface area contributed by atoms with Gasteiger partial charge in [0.1, 0.15) is 0 Å². The molecular formula is C20H30O2. The Kier molecular flexibility index (Phi) is 6.12. The van der Waals surface area contributed by atoms with Crippen molar-refractivity contribution >= 4 is 5.97 Å². The molecule has 0 aromatic carbocycles. The van der Waals surface area contributed by atoms with Crippen LogP contribution in [0.15, 0.2) is 12.7 Å². The zero-order valence-electron chi connectivity index (χ0n) is 14.0. The number of hydrogen-bond acceptors (Lipinski definition) is 2. The van der Waals surface area contributed by atoms with Gasteiger partial charge in [0.15, 0.2) is 5.60 Å². The number of terminal acetylenes is 1. The summed E-state index contributed by atoms with van der Waals surface area (Å²) in [5.41, 5.74) is -0.679. The molecule has 0 heterocycles. The molecule has 0 aliphatic heterocycles. The number of rotatable bonds is 5. The fourth-order valence-corrected chi connectivity index (χ4v) is 4.44. The predicted octanol–water partition coefficient (Wildman–Crippen LogP) is 4.88. The maximum absolute atomic E-state index is 11.5. The van der Waals surface area contributed by atoms with Crippen LogP contribution in [0.5, 0.6) is 0 Å². The van der Waals surface area contributed by atoms with Gasteiger partial charge in [0.05, 0.1) is 0 Å². The van der Waals surface area contributed by atoms with Crippen LogP contribution in [0, 0.1) is 30.1 Å². The van der Waals surface area contributed by atoms with E-state index in [1.165, 1.54) is 44.6 Å². The molecule has 0 aromatic rings. The average molecular weight is 302 g/mol. The molecule has 2 aliphatic carbocycles. The lowest BCUT2D eigenvalue weighted by atomic mass is 9.68. The van der Waals surface area contributed by atoms with E-state index in [0.717, 1.165) is 43.4 Å². The van der Waals surface area contributed by atoms with Crippen molar-refractivity contribution in [3.63, 3.8) is 0 Å². The second kappa shape index (κ2) is 7.86. The van der Waals surface area contributed by atoms with Crippen molar-refractivity contribution in [2.75, 3.05) is 0 Å². The first-order valence-electron chi connectivity index (χ1n) is 8.95. The van der Waals surface area contributed by atoms with Gasteiger partial charge in [0.25, 0.3) is 0 Å². The summed E-state index contributed by atoms with van der Waals surface area (Å²) in [5.74, 6) is 4.94. The molecule has 2 rings (SSSR count). The van der Waals surface area contributed by atoms with Crippen LogP contribution in [0.1, 0.15) is 71.1 Å². The molecular weight excluding hydrogens is 272 g/mol. The third kappa shape index (κ3) is 4.15. The number of carbonyl (C=O) groups is 1. The van der Waals surface area contributed by atoms with Gasteiger partial charge in [-0.1, -0.05) is 45.1 Å². The molecule has 2 nitrogen and oxygen atoms in total. The summed E-state index contributed by atoms with van der Waals surface area (Å²) in [6, 6.07) is 0. The Morgan fingerprint density at radius 1 is 1.23 bits per heavy atom. The van der Waals surface area contributed by atoms with E-state index in [0.29, 0.717) is 0 Å². The lowest BCUT2D eigenvalue weighted by molar-refractivity contribution is -0.151. The first kappa shape index (κ1) is 17.1. The van der Waals surface area contributed by atoms with Crippen LogP contribution in [0.2, 0.25) is 0 Å². The minimum atomic E-state index is -0.679. The molecule has 0 amide bonds. The van der Waals surface area contributed by atoms with Gasteiger partial charge in [-0.2, -0.15) is 0 Å². The third-order valence-corrected chi connectivity index (χ3v) is 5.82. The molecule has 0 radical (unpaired) electrons. The molecule has 0 atom stereocenters. The van der Waals surface area contributed by atoms with E-state index in [1.54, 1.807) is 0 Å². The summed E-state index contributed by atoms with van der Waals surface area (Å²) < 4.78 is 5.47. The lowest BCUT2D eigenvalue weighted by Gasteiger charge is -2.40. The quantitative estimate of drug-likeness (QED) is 0.411. The maximum Gasteiger partial charge on any atom is 0.331 e. The molecule has 0 saturated heterocycles. The number of hydrogen-bond donors (Lipinski definition) is 0. The van der Waals surface area contributed by atoms with E-state index >= 15 is 0 Å².